The fraction of sp³-hybridized carbons (Fsp3) is 0.617. The number of rotatable bonds is 11. The van der Waals surface area contributed by atoms with Gasteiger partial charge < -0.3 is 35.4 Å². The van der Waals surface area contributed by atoms with E-state index in [0.29, 0.717) is 23.4 Å². The lowest BCUT2D eigenvalue weighted by Crippen LogP contribution is -2.60. The molecule has 1 aromatic carbocycles. The molecular formula is C47H63ClF3N7O8S. The number of fused-ring (bicyclic) bond motifs is 1. The van der Waals surface area contributed by atoms with Gasteiger partial charge in [-0.05, 0) is 98.2 Å². The van der Waals surface area contributed by atoms with Gasteiger partial charge in [-0.15, -0.1) is 11.3 Å². The van der Waals surface area contributed by atoms with Crippen molar-refractivity contribution in [2.45, 2.75) is 154 Å². The Kier molecular flexibility index (Phi) is 19.6. The van der Waals surface area contributed by atoms with Crippen molar-refractivity contribution >= 4 is 74.4 Å². The van der Waals surface area contributed by atoms with Crippen molar-refractivity contribution in [1.82, 2.24) is 30.7 Å². The summed E-state index contributed by atoms with van der Waals surface area (Å²) >= 11 is 7.80. The predicted octanol–water partition coefficient (Wildman–Crippen LogP) is 6.22. The van der Waals surface area contributed by atoms with E-state index in [2.05, 4.69) is 16.0 Å². The molecule has 20 heteroatoms. The number of nitriles is 1. The lowest BCUT2D eigenvalue weighted by atomic mass is 9.92. The predicted molar refractivity (Wildman–Crippen MR) is 247 cm³/mol. The van der Waals surface area contributed by atoms with Crippen LogP contribution in [0.4, 0.5) is 13.2 Å². The van der Waals surface area contributed by atoms with E-state index in [-0.39, 0.29) is 43.9 Å². The normalized spacial score (nSPS) is 25.1. The number of likely N-dealkylation sites (N-methyl/N-ethyl adjacent to an activating group) is 3. The van der Waals surface area contributed by atoms with Gasteiger partial charge in [-0.3, -0.25) is 28.8 Å². The van der Waals surface area contributed by atoms with Crippen LogP contribution in [0.5, 0.6) is 0 Å². The first-order chi connectivity index (χ1) is 31.4. The Hall–Kier alpha value is -5.22. The molecule has 7 atom stereocenters. The number of hydrogen-bond donors (Lipinski definition) is 3. The first-order valence-corrected chi connectivity index (χ1v) is 23.9. The minimum absolute atomic E-state index is 0.0509. The molecular weight excluding hydrogens is 915 g/mol. The molecule has 1 aliphatic carbocycles. The van der Waals surface area contributed by atoms with Crippen LogP contribution < -0.4 is 16.0 Å². The number of benzene rings is 1. The third kappa shape index (κ3) is 15.1. The number of esters is 1. The second-order valence-electron chi connectivity index (χ2n) is 18.4. The molecule has 0 radical (unpaired) electrons. The fourth-order valence-electron chi connectivity index (χ4n) is 8.26. The van der Waals surface area contributed by atoms with Crippen molar-refractivity contribution in [3.63, 3.8) is 0 Å². The summed E-state index contributed by atoms with van der Waals surface area (Å²) in [6.07, 6.45) is -4.89. The summed E-state index contributed by atoms with van der Waals surface area (Å²) in [7, 11) is 3.81. The van der Waals surface area contributed by atoms with Gasteiger partial charge in [0.25, 0.3) is 5.91 Å². The average molecular weight is 979 g/mol. The van der Waals surface area contributed by atoms with Crippen LogP contribution in [-0.4, -0.2) is 126 Å². The van der Waals surface area contributed by atoms with Crippen molar-refractivity contribution in [2.24, 2.45) is 11.8 Å². The van der Waals surface area contributed by atoms with Crippen molar-refractivity contribution in [2.75, 3.05) is 21.1 Å². The lowest BCUT2D eigenvalue weighted by Gasteiger charge is -2.35. The van der Waals surface area contributed by atoms with E-state index in [1.165, 1.54) is 37.3 Å². The molecule has 2 aliphatic rings. The van der Waals surface area contributed by atoms with E-state index in [0.717, 1.165) is 45.3 Å². The van der Waals surface area contributed by atoms with Gasteiger partial charge in [0.15, 0.2) is 6.10 Å². The van der Waals surface area contributed by atoms with Crippen LogP contribution in [0.15, 0.2) is 35.2 Å². The van der Waals surface area contributed by atoms with Gasteiger partial charge in [-0.2, -0.15) is 18.4 Å². The zero-order valence-electron chi connectivity index (χ0n) is 39.3. The summed E-state index contributed by atoms with van der Waals surface area (Å²) in [6, 6.07) is -1.99. The first-order valence-electron chi connectivity index (χ1n) is 22.6. The first kappa shape index (κ1) is 54.4. The summed E-state index contributed by atoms with van der Waals surface area (Å²) in [4.78, 5) is 103. The van der Waals surface area contributed by atoms with Gasteiger partial charge in [-0.25, -0.2) is 4.79 Å². The number of nitrogens with zero attached hydrogens (tertiary/aromatic N) is 4. The van der Waals surface area contributed by atoms with Crippen LogP contribution in [0.2, 0.25) is 5.02 Å². The highest BCUT2D eigenvalue weighted by molar-refractivity contribution is 7.17. The van der Waals surface area contributed by atoms with Crippen LogP contribution in [0, 0.1) is 23.2 Å². The number of halogens is 4. The van der Waals surface area contributed by atoms with Gasteiger partial charge >= 0.3 is 12.1 Å². The second-order valence-corrected chi connectivity index (χ2v) is 19.7. The fourth-order valence-corrected chi connectivity index (χ4v) is 9.39. The third-order valence-electron chi connectivity index (χ3n) is 12.1. The Bertz CT molecular complexity index is 2210. The highest BCUT2D eigenvalue weighted by atomic mass is 35.5. The van der Waals surface area contributed by atoms with Gasteiger partial charge in [0.1, 0.15) is 36.3 Å². The van der Waals surface area contributed by atoms with Crippen LogP contribution in [0.25, 0.3) is 10.1 Å². The SMILES string of the molecule is CC(C)C[C@@H]1NC(=O)[C@H](Cc2csc3ccc(Cl)cc23)N(C)C(=O)[C@H](CC(C)C)NC(=O)[C@H](CC2=CCCCC2)N(C)C(=O)[C@H](CC(F)(F)F)NC(=O)[C@@H](CCC#N)OC(=O)[C@H](C)N(C)C1=O. The van der Waals surface area contributed by atoms with Gasteiger partial charge in [-0.1, -0.05) is 50.9 Å². The maximum absolute atomic E-state index is 14.9. The van der Waals surface area contributed by atoms with Gasteiger partial charge in [0.2, 0.25) is 29.5 Å². The van der Waals surface area contributed by atoms with Crippen LogP contribution in [0.1, 0.15) is 104 Å². The summed E-state index contributed by atoms with van der Waals surface area (Å²) in [5, 5.41) is 20.1. The summed E-state index contributed by atoms with van der Waals surface area (Å²) in [5.41, 5.74) is 1.44. The molecule has 6 amide bonds. The Labute approximate surface area is 399 Å². The Morgan fingerprint density at radius 1 is 0.821 bits per heavy atom. The van der Waals surface area contributed by atoms with Crippen molar-refractivity contribution in [3.8, 4) is 6.07 Å². The number of carbonyl (C=O) groups is 7. The molecule has 1 aliphatic heterocycles. The van der Waals surface area contributed by atoms with E-state index < -0.39 is 103 Å². The number of hydrogen-bond acceptors (Lipinski definition) is 10. The van der Waals surface area contributed by atoms with E-state index in [4.69, 9.17) is 16.3 Å². The Morgan fingerprint density at radius 3 is 1.91 bits per heavy atom. The molecule has 3 N–H and O–H groups in total. The molecule has 1 saturated heterocycles. The summed E-state index contributed by atoms with van der Waals surface area (Å²) in [6.45, 7) is 8.54. The molecule has 67 heavy (non-hydrogen) atoms. The molecule has 15 nitrogen and oxygen atoms in total. The number of carbonyl (C=O) groups excluding carboxylic acids is 7. The largest absolute Gasteiger partial charge is 0.451 e. The monoisotopic (exact) mass is 977 g/mol. The van der Waals surface area contributed by atoms with E-state index in [1.807, 2.05) is 45.2 Å². The molecule has 0 spiro atoms. The molecule has 1 aromatic heterocycles. The average Bonchev–Trinajstić information content (AvgIpc) is 3.66. The van der Waals surface area contributed by atoms with Gasteiger partial charge in [0.05, 0.1) is 12.5 Å². The molecule has 4 rings (SSSR count). The number of thiophene rings is 1. The molecule has 2 heterocycles. The zero-order chi connectivity index (χ0) is 49.9. The Balaban J connectivity index is 1.92. The zero-order valence-corrected chi connectivity index (χ0v) is 40.9. The number of alkyl halides is 3. The lowest BCUT2D eigenvalue weighted by molar-refractivity contribution is -0.166. The minimum atomic E-state index is -5.02. The quantitative estimate of drug-likeness (QED) is 0.173. The van der Waals surface area contributed by atoms with Gasteiger partial charge in [0, 0.05) is 50.1 Å². The maximum atomic E-state index is 14.9. The highest BCUT2D eigenvalue weighted by Gasteiger charge is 2.43. The smallest absolute Gasteiger partial charge is 0.391 e. The van der Waals surface area contributed by atoms with Crippen LogP contribution in [0.3, 0.4) is 0 Å². The Morgan fingerprint density at radius 2 is 1.37 bits per heavy atom. The number of nitrogens with one attached hydrogen (secondary N) is 3. The number of cyclic esters (lactones) is 1. The molecule has 1 fully saturated rings. The van der Waals surface area contributed by atoms with E-state index >= 15 is 0 Å². The maximum Gasteiger partial charge on any atom is 0.391 e. The van der Waals surface area contributed by atoms with Crippen LogP contribution in [-0.2, 0) is 44.7 Å². The molecule has 0 bridgehead atoms. The number of amides is 6. The molecule has 368 valence electrons. The summed E-state index contributed by atoms with van der Waals surface area (Å²) < 4.78 is 49.1. The summed E-state index contributed by atoms with van der Waals surface area (Å²) in [5.74, 6) is -7.20. The van der Waals surface area contributed by atoms with E-state index in [9.17, 15) is 52.0 Å². The van der Waals surface area contributed by atoms with Crippen LogP contribution >= 0.6 is 22.9 Å². The molecule has 2 aromatic rings. The molecule has 0 saturated carbocycles. The number of allylic oxidation sites excluding steroid dienone is 1. The highest BCUT2D eigenvalue weighted by Crippen LogP contribution is 2.31. The topological polar surface area (TPSA) is 198 Å². The second kappa shape index (κ2) is 24.2. The number of ether oxygens (including phenoxy) is 1. The molecule has 0 unspecified atom stereocenters. The standard InChI is InChI=1S/C47H63ClF3N7O8S/c1-26(2)19-33-43(62)56(6)28(5)46(65)66-38(15-12-18-52)42(61)55-35(24-47(49,50)51)45(64)57(7)36(21-29-13-10-9-11-14-29)40(59)54-34(20-27(3)4)44(63)58(8)37(41(60)53-33)22-30-25-67-39-17-16-31(48)23-32(30)39/h13,16-17,23,25-28,33-38H,9-12,14-15,19-22,24H2,1-8H3,(H,53,60)(H,54,59)(H,55,61)/t28-,33-,34-,35-,36-,37-,38+/m0/s1. The third-order valence-corrected chi connectivity index (χ3v) is 13.4. The van der Waals surface area contributed by atoms with Crippen molar-refractivity contribution < 1.29 is 51.5 Å². The minimum Gasteiger partial charge on any atom is -0.451 e. The van der Waals surface area contributed by atoms with Crippen molar-refractivity contribution in [1.29, 1.82) is 5.26 Å². The van der Waals surface area contributed by atoms with Crippen molar-refractivity contribution in [3.05, 3.63) is 45.8 Å². The van der Waals surface area contributed by atoms with E-state index in [1.54, 1.807) is 18.2 Å².